The van der Waals surface area contributed by atoms with E-state index < -0.39 is 0 Å². The Bertz CT molecular complexity index is 1080. The highest BCUT2D eigenvalue weighted by Crippen LogP contribution is 2.26. The summed E-state index contributed by atoms with van der Waals surface area (Å²) in [5.41, 5.74) is 2.99. The number of carbonyl (C=O) groups is 1. The van der Waals surface area contributed by atoms with Gasteiger partial charge in [-0.3, -0.25) is 9.20 Å². The molecule has 0 fully saturated rings. The highest BCUT2D eigenvalue weighted by atomic mass is 32.1. The largest absolute Gasteiger partial charge is 0.497 e. The first-order valence-corrected chi connectivity index (χ1v) is 10.0. The lowest BCUT2D eigenvalue weighted by molar-refractivity contribution is -0.116. The molecule has 0 atom stereocenters. The van der Waals surface area contributed by atoms with Crippen molar-refractivity contribution < 1.29 is 9.53 Å². The molecule has 0 bridgehead atoms. The van der Waals surface area contributed by atoms with Gasteiger partial charge in [-0.05, 0) is 37.6 Å². The van der Waals surface area contributed by atoms with Crippen LogP contribution in [0.4, 0.5) is 5.13 Å². The van der Waals surface area contributed by atoms with E-state index in [9.17, 15) is 4.79 Å². The fourth-order valence-electron chi connectivity index (χ4n) is 2.68. The van der Waals surface area contributed by atoms with Gasteiger partial charge in [-0.15, -0.1) is 21.5 Å². The molecule has 3 aromatic heterocycles. The Morgan fingerprint density at radius 1 is 1.26 bits per heavy atom. The molecule has 3 heterocycles. The van der Waals surface area contributed by atoms with Crippen molar-refractivity contribution in [2.24, 2.45) is 0 Å². The van der Waals surface area contributed by atoms with Crippen molar-refractivity contribution in [3.8, 4) is 17.0 Å². The van der Waals surface area contributed by atoms with Gasteiger partial charge in [0, 0.05) is 29.3 Å². The first-order valence-electron chi connectivity index (χ1n) is 8.32. The van der Waals surface area contributed by atoms with Crippen LogP contribution in [0.25, 0.3) is 16.2 Å². The summed E-state index contributed by atoms with van der Waals surface area (Å²) >= 11 is 2.94. The number of anilines is 1. The highest BCUT2D eigenvalue weighted by Gasteiger charge is 2.12. The summed E-state index contributed by atoms with van der Waals surface area (Å²) in [6, 6.07) is 7.82. The molecular weight excluding hydrogens is 382 g/mol. The van der Waals surface area contributed by atoms with Crippen LogP contribution in [0.5, 0.6) is 5.75 Å². The lowest BCUT2D eigenvalue weighted by Crippen LogP contribution is -2.12. The minimum atomic E-state index is -0.0685. The number of ether oxygens (including phenoxy) is 1. The van der Waals surface area contributed by atoms with Gasteiger partial charge >= 0.3 is 0 Å². The number of thiazole rings is 1. The van der Waals surface area contributed by atoms with Crippen LogP contribution in [0.1, 0.15) is 17.1 Å². The number of amides is 1. The second-order valence-electron chi connectivity index (χ2n) is 5.91. The van der Waals surface area contributed by atoms with Gasteiger partial charge in [0.1, 0.15) is 10.8 Å². The number of fused-ring (bicyclic) bond motifs is 1. The fraction of sp³-hybridized carbons (Fsp3) is 0.222. The molecule has 1 N–H and O–H groups in total. The normalized spacial score (nSPS) is 11.0. The van der Waals surface area contributed by atoms with E-state index in [0.29, 0.717) is 18.0 Å². The van der Waals surface area contributed by atoms with Crippen molar-refractivity contribution in [3.63, 3.8) is 0 Å². The zero-order valence-electron chi connectivity index (χ0n) is 14.8. The molecule has 138 valence electrons. The number of carbonyl (C=O) groups excluding carboxylic acids is 1. The lowest BCUT2D eigenvalue weighted by Gasteiger charge is -2.01. The minimum Gasteiger partial charge on any atom is -0.497 e. The summed E-state index contributed by atoms with van der Waals surface area (Å²) < 4.78 is 7.25. The summed E-state index contributed by atoms with van der Waals surface area (Å²) in [5, 5.41) is 14.0. The topological polar surface area (TPSA) is 81.4 Å². The maximum atomic E-state index is 12.1. The molecule has 0 aliphatic carbocycles. The van der Waals surface area contributed by atoms with Crippen LogP contribution >= 0.6 is 22.7 Å². The molecule has 4 rings (SSSR count). The number of imidazole rings is 1. The SMILES string of the molecule is COc1ccc(-c2cn3c(CCC(=O)Nc4nnc(C)s4)csc3n2)cc1. The molecule has 1 amide bonds. The maximum absolute atomic E-state index is 12.1. The number of hydrogen-bond acceptors (Lipinski definition) is 7. The van der Waals surface area contributed by atoms with Crippen LogP contribution in [-0.2, 0) is 11.2 Å². The van der Waals surface area contributed by atoms with E-state index in [2.05, 4.69) is 20.5 Å². The minimum absolute atomic E-state index is 0.0685. The molecule has 9 heteroatoms. The average Bonchev–Trinajstić information content (AvgIpc) is 3.36. The Morgan fingerprint density at radius 2 is 2.07 bits per heavy atom. The molecule has 0 radical (unpaired) electrons. The van der Waals surface area contributed by atoms with Gasteiger partial charge in [-0.2, -0.15) is 0 Å². The zero-order valence-corrected chi connectivity index (χ0v) is 16.4. The maximum Gasteiger partial charge on any atom is 0.226 e. The van der Waals surface area contributed by atoms with Gasteiger partial charge in [0.15, 0.2) is 4.96 Å². The van der Waals surface area contributed by atoms with Gasteiger partial charge < -0.3 is 10.1 Å². The van der Waals surface area contributed by atoms with Crippen molar-refractivity contribution in [1.82, 2.24) is 19.6 Å². The zero-order chi connectivity index (χ0) is 18.8. The second kappa shape index (κ2) is 7.45. The molecule has 7 nitrogen and oxygen atoms in total. The van der Waals surface area contributed by atoms with Gasteiger partial charge in [0.25, 0.3) is 0 Å². The molecule has 0 unspecified atom stereocenters. The van der Waals surface area contributed by atoms with Crippen LogP contribution < -0.4 is 10.1 Å². The molecule has 0 aliphatic heterocycles. The van der Waals surface area contributed by atoms with Crippen molar-refractivity contribution in [3.05, 3.63) is 46.5 Å². The van der Waals surface area contributed by atoms with E-state index in [-0.39, 0.29) is 5.91 Å². The first-order chi connectivity index (χ1) is 13.1. The van der Waals surface area contributed by atoms with Crippen molar-refractivity contribution >= 4 is 38.7 Å². The summed E-state index contributed by atoms with van der Waals surface area (Å²) in [4.78, 5) is 17.7. The van der Waals surface area contributed by atoms with E-state index in [0.717, 1.165) is 32.7 Å². The predicted octanol–water partition coefficient (Wildman–Crippen LogP) is 3.80. The molecule has 0 saturated heterocycles. The van der Waals surface area contributed by atoms with E-state index in [1.165, 1.54) is 11.3 Å². The number of nitrogens with zero attached hydrogens (tertiary/aromatic N) is 4. The first kappa shape index (κ1) is 17.6. The second-order valence-corrected chi connectivity index (χ2v) is 7.93. The quantitative estimate of drug-likeness (QED) is 0.533. The summed E-state index contributed by atoms with van der Waals surface area (Å²) in [6.45, 7) is 1.86. The Morgan fingerprint density at radius 3 is 2.78 bits per heavy atom. The Balaban J connectivity index is 1.46. The van der Waals surface area contributed by atoms with E-state index in [4.69, 9.17) is 4.74 Å². The highest BCUT2D eigenvalue weighted by molar-refractivity contribution is 7.15. The number of benzene rings is 1. The smallest absolute Gasteiger partial charge is 0.226 e. The molecule has 0 aliphatic rings. The number of hydrogen-bond donors (Lipinski definition) is 1. The van der Waals surface area contributed by atoms with Gasteiger partial charge in [-0.1, -0.05) is 11.3 Å². The average molecular weight is 400 g/mol. The van der Waals surface area contributed by atoms with Crippen LogP contribution in [0.2, 0.25) is 0 Å². The van der Waals surface area contributed by atoms with E-state index in [1.54, 1.807) is 18.4 Å². The number of aryl methyl sites for hydroxylation is 2. The van der Waals surface area contributed by atoms with Gasteiger partial charge in [0.2, 0.25) is 11.0 Å². The van der Waals surface area contributed by atoms with Crippen molar-refractivity contribution in [2.75, 3.05) is 12.4 Å². The molecular formula is C18H17N5O2S2. The van der Waals surface area contributed by atoms with Crippen LogP contribution in [0.15, 0.2) is 35.8 Å². The standard InChI is InChI=1S/C18H17N5O2S2/c1-11-21-22-17(27-11)20-16(24)8-5-13-10-26-18-19-15(9-23(13)18)12-3-6-14(25-2)7-4-12/h3-4,6-7,9-10H,5,8H2,1-2H3,(H,20,22,24). The third kappa shape index (κ3) is 3.83. The number of nitrogens with one attached hydrogen (secondary N) is 1. The molecule has 27 heavy (non-hydrogen) atoms. The Kier molecular flexibility index (Phi) is 4.87. The van der Waals surface area contributed by atoms with Gasteiger partial charge in [0.05, 0.1) is 12.8 Å². The molecule has 1 aromatic carbocycles. The third-order valence-electron chi connectivity index (χ3n) is 4.05. The number of aromatic nitrogens is 4. The van der Waals surface area contributed by atoms with Crippen LogP contribution in [0, 0.1) is 6.92 Å². The van der Waals surface area contributed by atoms with E-state index >= 15 is 0 Å². The van der Waals surface area contributed by atoms with Crippen LogP contribution in [-0.4, -0.2) is 32.6 Å². The summed E-state index contributed by atoms with van der Waals surface area (Å²) in [6.07, 6.45) is 3.01. The number of methoxy groups -OCH3 is 1. The Hall–Kier alpha value is -2.78. The molecule has 4 aromatic rings. The molecule has 0 spiro atoms. The third-order valence-corrected chi connectivity index (χ3v) is 5.69. The van der Waals surface area contributed by atoms with Crippen LogP contribution in [0.3, 0.4) is 0 Å². The molecule has 0 saturated carbocycles. The van der Waals surface area contributed by atoms with Crippen molar-refractivity contribution in [1.29, 1.82) is 0 Å². The fourth-order valence-corrected chi connectivity index (χ4v) is 4.20. The lowest BCUT2D eigenvalue weighted by atomic mass is 10.1. The monoisotopic (exact) mass is 399 g/mol. The number of rotatable bonds is 6. The summed E-state index contributed by atoms with van der Waals surface area (Å²) in [7, 11) is 1.65. The Labute approximate surface area is 163 Å². The van der Waals surface area contributed by atoms with Crippen molar-refractivity contribution in [2.45, 2.75) is 19.8 Å². The predicted molar refractivity (Wildman–Crippen MR) is 107 cm³/mol. The van der Waals surface area contributed by atoms with E-state index in [1.807, 2.05) is 47.2 Å². The summed E-state index contributed by atoms with van der Waals surface area (Å²) in [5.74, 6) is 0.748. The van der Waals surface area contributed by atoms with Gasteiger partial charge in [-0.25, -0.2) is 4.98 Å².